The van der Waals surface area contributed by atoms with Gasteiger partial charge in [-0.1, -0.05) is 43.7 Å². The number of carbonyl (C=O) groups is 2. The third-order valence-corrected chi connectivity index (χ3v) is 5.98. The van der Waals surface area contributed by atoms with Gasteiger partial charge in [-0.05, 0) is 30.9 Å². The highest BCUT2D eigenvalue weighted by Gasteiger charge is 2.31. The smallest absolute Gasteiger partial charge is 0.342 e. The van der Waals surface area contributed by atoms with Gasteiger partial charge in [0.15, 0.2) is 0 Å². The van der Waals surface area contributed by atoms with Crippen molar-refractivity contribution in [3.63, 3.8) is 0 Å². The minimum absolute atomic E-state index is 0.0799. The van der Waals surface area contributed by atoms with Crippen molar-refractivity contribution >= 4 is 28.3 Å². The highest BCUT2D eigenvalue weighted by Crippen LogP contribution is 2.32. The fourth-order valence-electron chi connectivity index (χ4n) is 3.26. The van der Waals surface area contributed by atoms with E-state index in [1.54, 1.807) is 4.90 Å². The number of anilines is 1. The van der Waals surface area contributed by atoms with E-state index >= 15 is 0 Å². The van der Waals surface area contributed by atoms with Crippen LogP contribution in [-0.4, -0.2) is 40.0 Å². The van der Waals surface area contributed by atoms with E-state index in [1.165, 1.54) is 12.1 Å². The second-order valence-corrected chi connectivity index (χ2v) is 9.07. The number of alkyl halides is 3. The summed E-state index contributed by atoms with van der Waals surface area (Å²) in [4.78, 5) is 26.7. The Balaban J connectivity index is 1.55. The van der Waals surface area contributed by atoms with E-state index in [0.717, 1.165) is 42.7 Å². The fraction of sp³-hybridized carbons (Fsp3) is 0.524. The molecule has 0 radical (unpaired) electrons. The first-order valence-corrected chi connectivity index (χ1v) is 11.0. The van der Waals surface area contributed by atoms with Crippen LogP contribution in [0.3, 0.4) is 0 Å². The zero-order valence-corrected chi connectivity index (χ0v) is 18.2. The predicted octanol–water partition coefficient (Wildman–Crippen LogP) is 4.84. The maximum Gasteiger partial charge on any atom is 0.416 e. The molecular formula is C21H25F3N4O2S. The summed E-state index contributed by atoms with van der Waals surface area (Å²) in [6.45, 7) is 5.01. The number of nitrogens with one attached hydrogen (secondary N) is 1. The van der Waals surface area contributed by atoms with Crippen LogP contribution in [0.5, 0.6) is 0 Å². The molecular weight excluding hydrogens is 429 g/mol. The van der Waals surface area contributed by atoms with Crippen LogP contribution >= 0.6 is 11.3 Å². The van der Waals surface area contributed by atoms with E-state index in [0.29, 0.717) is 29.6 Å². The Labute approximate surface area is 182 Å². The van der Waals surface area contributed by atoms with Crippen LogP contribution in [0.4, 0.5) is 18.3 Å². The standard InChI is InChI=1S/C21H25F3N4O2S/c1-13(2)12-28(19(30)15-4-3-5-15)11-10-17(29)25-20-27-26-18(31-20)14-6-8-16(9-7-14)21(22,23)24/h6-9,13,15H,3-5,10-12H2,1-2H3,(H,25,27,29). The van der Waals surface area contributed by atoms with Crippen molar-refractivity contribution in [1.29, 1.82) is 0 Å². The van der Waals surface area contributed by atoms with E-state index in [2.05, 4.69) is 15.5 Å². The van der Waals surface area contributed by atoms with Crippen molar-refractivity contribution in [3.8, 4) is 10.6 Å². The zero-order chi connectivity index (χ0) is 22.6. The van der Waals surface area contributed by atoms with Crippen LogP contribution in [0, 0.1) is 11.8 Å². The SMILES string of the molecule is CC(C)CN(CCC(=O)Nc1nnc(-c2ccc(C(F)(F)F)cc2)s1)C(=O)C1CCC1. The van der Waals surface area contributed by atoms with E-state index in [9.17, 15) is 22.8 Å². The van der Waals surface area contributed by atoms with Gasteiger partial charge in [0.05, 0.1) is 5.56 Å². The minimum atomic E-state index is -4.40. The molecule has 1 aromatic heterocycles. The van der Waals surface area contributed by atoms with E-state index < -0.39 is 11.7 Å². The van der Waals surface area contributed by atoms with E-state index in [-0.39, 0.29) is 29.3 Å². The van der Waals surface area contributed by atoms with Crippen LogP contribution in [0.15, 0.2) is 24.3 Å². The Morgan fingerprint density at radius 2 is 1.87 bits per heavy atom. The molecule has 0 atom stereocenters. The van der Waals surface area contributed by atoms with Gasteiger partial charge in [-0.3, -0.25) is 9.59 Å². The molecule has 1 heterocycles. The first-order valence-electron chi connectivity index (χ1n) is 10.2. The molecule has 1 saturated carbocycles. The molecule has 1 aliphatic rings. The largest absolute Gasteiger partial charge is 0.416 e. The molecule has 1 aromatic carbocycles. The van der Waals surface area contributed by atoms with Crippen molar-refractivity contribution < 1.29 is 22.8 Å². The van der Waals surface area contributed by atoms with Gasteiger partial charge in [0.1, 0.15) is 5.01 Å². The van der Waals surface area contributed by atoms with Gasteiger partial charge in [-0.25, -0.2) is 0 Å². The summed E-state index contributed by atoms with van der Waals surface area (Å²) in [7, 11) is 0. The Morgan fingerprint density at radius 1 is 1.19 bits per heavy atom. The number of rotatable bonds is 8. The molecule has 10 heteroatoms. The average Bonchev–Trinajstić information content (AvgIpc) is 3.11. The summed E-state index contributed by atoms with van der Waals surface area (Å²) in [5, 5.41) is 11.2. The number of benzene rings is 1. The molecule has 3 rings (SSSR count). The lowest BCUT2D eigenvalue weighted by Crippen LogP contribution is -2.42. The van der Waals surface area contributed by atoms with Gasteiger partial charge in [0.2, 0.25) is 16.9 Å². The molecule has 6 nitrogen and oxygen atoms in total. The third-order valence-electron chi connectivity index (χ3n) is 5.09. The molecule has 0 bridgehead atoms. The van der Waals surface area contributed by atoms with Crippen LogP contribution < -0.4 is 5.32 Å². The molecule has 31 heavy (non-hydrogen) atoms. The van der Waals surface area contributed by atoms with Crippen molar-refractivity contribution in [2.45, 2.75) is 45.7 Å². The van der Waals surface area contributed by atoms with Gasteiger partial charge in [-0.15, -0.1) is 10.2 Å². The van der Waals surface area contributed by atoms with Crippen molar-refractivity contribution in [3.05, 3.63) is 29.8 Å². The monoisotopic (exact) mass is 454 g/mol. The molecule has 0 spiro atoms. The first kappa shape index (κ1) is 23.2. The number of hydrogen-bond acceptors (Lipinski definition) is 5. The Hall–Kier alpha value is -2.49. The summed E-state index contributed by atoms with van der Waals surface area (Å²) in [6, 6.07) is 4.62. The molecule has 1 fully saturated rings. The van der Waals surface area contributed by atoms with Gasteiger partial charge < -0.3 is 10.2 Å². The van der Waals surface area contributed by atoms with Crippen LogP contribution in [0.25, 0.3) is 10.6 Å². The molecule has 1 N–H and O–H groups in total. The van der Waals surface area contributed by atoms with Crippen molar-refractivity contribution in [2.75, 3.05) is 18.4 Å². The van der Waals surface area contributed by atoms with Gasteiger partial charge in [0.25, 0.3) is 0 Å². The second kappa shape index (κ2) is 9.76. The maximum atomic E-state index is 12.7. The first-order chi connectivity index (χ1) is 14.6. The van der Waals surface area contributed by atoms with Gasteiger partial charge in [-0.2, -0.15) is 13.2 Å². The zero-order valence-electron chi connectivity index (χ0n) is 17.4. The molecule has 168 valence electrons. The Morgan fingerprint density at radius 3 is 2.42 bits per heavy atom. The van der Waals surface area contributed by atoms with Gasteiger partial charge >= 0.3 is 6.18 Å². The minimum Gasteiger partial charge on any atom is -0.342 e. The van der Waals surface area contributed by atoms with Crippen LogP contribution in [-0.2, 0) is 15.8 Å². The lowest BCUT2D eigenvalue weighted by atomic mass is 9.84. The molecule has 2 amide bonds. The molecule has 0 unspecified atom stereocenters. The number of nitrogens with zero attached hydrogens (tertiary/aromatic N) is 3. The lowest BCUT2D eigenvalue weighted by molar-refractivity contribution is -0.139. The number of hydrogen-bond donors (Lipinski definition) is 1. The highest BCUT2D eigenvalue weighted by atomic mass is 32.1. The highest BCUT2D eigenvalue weighted by molar-refractivity contribution is 7.18. The summed E-state index contributed by atoms with van der Waals surface area (Å²) < 4.78 is 38.1. The number of halogens is 3. The van der Waals surface area contributed by atoms with E-state index in [1.807, 2.05) is 13.8 Å². The van der Waals surface area contributed by atoms with Crippen LogP contribution in [0.1, 0.15) is 45.1 Å². The number of aromatic nitrogens is 2. The number of carbonyl (C=O) groups excluding carboxylic acids is 2. The second-order valence-electron chi connectivity index (χ2n) is 8.09. The predicted molar refractivity (Wildman–Crippen MR) is 112 cm³/mol. The summed E-state index contributed by atoms with van der Waals surface area (Å²) in [5.41, 5.74) is -0.253. The summed E-state index contributed by atoms with van der Waals surface area (Å²) >= 11 is 1.08. The Bertz CT molecular complexity index is 908. The lowest BCUT2D eigenvalue weighted by Gasteiger charge is -2.32. The molecule has 1 aliphatic carbocycles. The summed E-state index contributed by atoms with van der Waals surface area (Å²) in [5.74, 6) is 0.219. The Kier molecular flexibility index (Phi) is 7.30. The quantitative estimate of drug-likeness (QED) is 0.620. The average molecular weight is 455 g/mol. The summed E-state index contributed by atoms with van der Waals surface area (Å²) in [6.07, 6.45) is -1.36. The topological polar surface area (TPSA) is 75.2 Å². The van der Waals surface area contributed by atoms with E-state index in [4.69, 9.17) is 0 Å². The molecule has 2 aromatic rings. The third kappa shape index (κ3) is 6.25. The maximum absolute atomic E-state index is 12.7. The number of amides is 2. The molecule has 0 aliphatic heterocycles. The van der Waals surface area contributed by atoms with Gasteiger partial charge in [0, 0.05) is 31.0 Å². The normalized spacial score (nSPS) is 14.4. The van der Waals surface area contributed by atoms with Crippen molar-refractivity contribution in [1.82, 2.24) is 15.1 Å². The van der Waals surface area contributed by atoms with Crippen molar-refractivity contribution in [2.24, 2.45) is 11.8 Å². The molecule has 0 saturated heterocycles. The van der Waals surface area contributed by atoms with Crippen LogP contribution in [0.2, 0.25) is 0 Å². The fourth-order valence-corrected chi connectivity index (χ4v) is 4.02.